The number of rotatable bonds is 25. The summed E-state index contributed by atoms with van der Waals surface area (Å²) in [5.74, 6) is 2.62. The van der Waals surface area contributed by atoms with E-state index >= 15 is 0 Å². The molecule has 6 aliphatic rings. The molecule has 0 bridgehead atoms. The number of hydrogen-bond acceptors (Lipinski definition) is 0. The normalized spacial score (nSPS) is 15.4. The zero-order chi connectivity index (χ0) is 89.6. The molecule has 12 aromatic rings. The van der Waals surface area contributed by atoms with Crippen molar-refractivity contribution < 1.29 is 27.5 Å². The summed E-state index contributed by atoms with van der Waals surface area (Å²) in [5.41, 5.74) is 40.2. The first-order chi connectivity index (χ1) is 60.4. The molecule has 12 aromatic carbocycles. The molecular formula is C120H132N6+6. The highest BCUT2D eigenvalue weighted by atomic mass is 15.4. The fraction of sp³-hybridized carbons (Fsp3) is 0.300. The molecule has 18 rings (SSSR count). The third-order valence-electron chi connectivity index (χ3n) is 27.3. The van der Waals surface area contributed by atoms with Crippen LogP contribution in [0.2, 0.25) is 0 Å². The first-order valence-corrected chi connectivity index (χ1v) is 46.5. The van der Waals surface area contributed by atoms with Crippen LogP contribution in [0.1, 0.15) is 286 Å². The van der Waals surface area contributed by atoms with E-state index in [4.69, 9.17) is 0 Å². The summed E-state index contributed by atoms with van der Waals surface area (Å²) in [7, 11) is 0. The van der Waals surface area contributed by atoms with Gasteiger partial charge >= 0.3 is 17.0 Å². The van der Waals surface area contributed by atoms with Crippen molar-refractivity contribution >= 4 is 101 Å². The Hall–Kier alpha value is -12.1. The van der Waals surface area contributed by atoms with Gasteiger partial charge in [-0.25, -0.2) is 0 Å². The number of hydrogen-bond donors (Lipinski definition) is 0. The van der Waals surface area contributed by atoms with Crippen LogP contribution in [-0.4, -0.2) is 78.7 Å². The number of allylic oxidation sites excluding steroid dienone is 6. The Morgan fingerprint density at radius 3 is 0.690 bits per heavy atom. The molecule has 126 heavy (non-hydrogen) atoms. The molecule has 0 unspecified atom stereocenters. The van der Waals surface area contributed by atoms with Gasteiger partial charge in [0.05, 0.1) is 74.9 Å². The highest BCUT2D eigenvalue weighted by Gasteiger charge is 2.65. The maximum absolute atomic E-state index is 4.07. The van der Waals surface area contributed by atoms with Gasteiger partial charge in [0.1, 0.15) is 0 Å². The van der Waals surface area contributed by atoms with Crippen LogP contribution in [0.5, 0.6) is 0 Å². The lowest BCUT2D eigenvalue weighted by molar-refractivity contribution is -0.741. The van der Waals surface area contributed by atoms with Crippen LogP contribution >= 0.6 is 0 Å². The predicted molar refractivity (Wildman–Crippen MR) is 539 cm³/mol. The molecule has 6 heteroatoms. The zero-order valence-corrected chi connectivity index (χ0v) is 78.9. The first kappa shape index (κ1) is 87.4. The second-order valence-corrected chi connectivity index (χ2v) is 39.3. The average Bonchev–Trinajstić information content (AvgIpc) is 1.53. The number of nitrogens with zero attached hydrogens (tertiary/aromatic N) is 6. The van der Waals surface area contributed by atoms with Crippen molar-refractivity contribution in [3.8, 4) is 0 Å². The van der Waals surface area contributed by atoms with E-state index in [-0.39, 0.29) is 17.0 Å². The minimum atomic E-state index is -0.378. The second-order valence-electron chi connectivity index (χ2n) is 39.3. The Balaban J connectivity index is 0.000000139. The van der Waals surface area contributed by atoms with E-state index < -0.39 is 0 Å². The summed E-state index contributed by atoms with van der Waals surface area (Å²) in [6.45, 7) is 71.0. The Morgan fingerprint density at radius 1 is 0.230 bits per heavy atom. The van der Waals surface area contributed by atoms with Crippen LogP contribution in [-0.2, 0) is 38.5 Å². The fourth-order valence-corrected chi connectivity index (χ4v) is 21.7. The largest absolute Gasteiger partial charge is 0.357 e. The molecule has 0 saturated carbocycles. The fourth-order valence-electron chi connectivity index (χ4n) is 21.7. The highest BCUT2D eigenvalue weighted by Crippen LogP contribution is 2.52. The molecule has 0 N–H and O–H groups in total. The third kappa shape index (κ3) is 14.6. The molecule has 636 valence electrons. The van der Waals surface area contributed by atoms with E-state index in [1.54, 1.807) is 0 Å². The molecule has 6 nitrogen and oxygen atoms in total. The minimum absolute atomic E-state index is 0.354. The molecule has 0 atom stereocenters. The summed E-state index contributed by atoms with van der Waals surface area (Å²) < 4.78 is 15.9. The van der Waals surface area contributed by atoms with E-state index in [1.165, 1.54) is 206 Å². The molecular weight excluding hydrogens is 1530 g/mol. The standard InChI is InChI=1S/C42H48N2.2C39H42N2/c1-11-15-29-21-22-37(34(23-29)26(3)4)43-40-32-19-13-17-31-18-14-20-33(38(31)32)41(40)44(42(43,9)10)39-35(27(5)6)24-30(16-12-2)25-36(39)28(7)8;1-9-13-27-19-21-34(32(23-27)25(3)4)40-37-30-17-11-15-29-16-12-18-31(36(29)30)38(37)41(39(40,7)8)35-22-20-28(14-10-2)24-33(35)26(5)6;1-9-13-27-19-21-30(22-20-27)40-37-31-17-11-15-29-16-12-18-32(35(29)31)38(37)41(39(40,7)8)36-33(25(3)4)23-28(14-10-2)24-34(36)26(5)6/h11-14,17-28H,1-2,15-16H2,3-10H3;2*9-12,15-26H,1-2,13-14H2,3-8H3/q3*+2. The van der Waals surface area contributed by atoms with E-state index in [1.807, 2.05) is 36.5 Å². The maximum Gasteiger partial charge on any atom is 0.357 e. The average molecular weight is 1660 g/mol. The highest BCUT2D eigenvalue weighted by molar-refractivity contribution is 6.60. The number of benzene rings is 12. The maximum atomic E-state index is 4.07. The van der Waals surface area contributed by atoms with E-state index in [0.717, 1.165) is 38.5 Å². The summed E-state index contributed by atoms with van der Waals surface area (Å²) >= 11 is 0. The van der Waals surface area contributed by atoms with Crippen molar-refractivity contribution in [3.05, 3.63) is 394 Å². The van der Waals surface area contributed by atoms with Gasteiger partial charge in [-0.15, -0.1) is 66.9 Å². The van der Waals surface area contributed by atoms with Gasteiger partial charge in [-0.2, -0.15) is 0 Å². The van der Waals surface area contributed by atoms with Crippen LogP contribution in [0.4, 0.5) is 34.1 Å². The van der Waals surface area contributed by atoms with E-state index in [9.17, 15) is 0 Å². The molecule has 3 aliphatic carbocycles. The van der Waals surface area contributed by atoms with Gasteiger partial charge in [0.25, 0.3) is 34.3 Å². The zero-order valence-electron chi connectivity index (χ0n) is 78.9. The Labute approximate surface area is 752 Å². The minimum Gasteiger partial charge on any atom is -0.121 e. The molecule has 0 radical (unpaired) electrons. The Kier molecular flexibility index (Phi) is 23.8. The van der Waals surface area contributed by atoms with Gasteiger partial charge in [0, 0.05) is 85.4 Å². The van der Waals surface area contributed by atoms with Gasteiger partial charge < -0.3 is 0 Å². The van der Waals surface area contributed by atoms with Crippen LogP contribution in [0, 0.1) is 0 Å². The molecule has 0 spiro atoms. The quantitative estimate of drug-likeness (QED) is 0.0401. The van der Waals surface area contributed by atoms with Crippen LogP contribution in [0.3, 0.4) is 0 Å². The molecule has 0 aromatic heterocycles. The Bertz CT molecular complexity index is 6530. The van der Waals surface area contributed by atoms with Gasteiger partial charge in [-0.1, -0.05) is 237 Å². The number of fused-ring (bicyclic) bond motifs is 9. The molecule has 0 amide bonds. The smallest absolute Gasteiger partial charge is 0.121 e. The van der Waals surface area contributed by atoms with Crippen molar-refractivity contribution in [1.82, 2.24) is 0 Å². The lowest BCUT2D eigenvalue weighted by Gasteiger charge is -2.24. The Morgan fingerprint density at radius 2 is 0.437 bits per heavy atom. The van der Waals surface area contributed by atoms with E-state index in [0.29, 0.717) is 41.4 Å². The molecule has 0 fully saturated rings. The summed E-state index contributed by atoms with van der Waals surface area (Å²) in [5, 5.41) is 7.96. The molecule has 3 aliphatic heterocycles. The molecule has 0 saturated heterocycles. The van der Waals surface area contributed by atoms with Crippen molar-refractivity contribution in [1.29, 1.82) is 0 Å². The van der Waals surface area contributed by atoms with Crippen LogP contribution in [0.15, 0.2) is 288 Å². The van der Waals surface area contributed by atoms with Crippen molar-refractivity contribution in [2.45, 2.75) is 235 Å². The van der Waals surface area contributed by atoms with Crippen LogP contribution < -0.4 is 0 Å². The summed E-state index contributed by atoms with van der Waals surface area (Å²) in [4.78, 5) is 0. The van der Waals surface area contributed by atoms with Crippen molar-refractivity contribution in [2.75, 3.05) is 0 Å². The molecule has 3 heterocycles. The van der Waals surface area contributed by atoms with Crippen LogP contribution in [0.25, 0.3) is 32.3 Å². The lowest BCUT2D eigenvalue weighted by atomic mass is 9.88. The van der Waals surface area contributed by atoms with Gasteiger partial charge in [0.15, 0.2) is 0 Å². The van der Waals surface area contributed by atoms with Gasteiger partial charge in [-0.05, 0) is 208 Å². The van der Waals surface area contributed by atoms with E-state index in [2.05, 4.69) is 418 Å². The monoisotopic (exact) mass is 1660 g/mol. The first-order valence-electron chi connectivity index (χ1n) is 46.5. The second kappa shape index (κ2) is 34.3. The van der Waals surface area contributed by atoms with Crippen molar-refractivity contribution in [2.24, 2.45) is 0 Å². The van der Waals surface area contributed by atoms with Gasteiger partial charge in [-0.3, -0.25) is 0 Å². The van der Waals surface area contributed by atoms with Crippen molar-refractivity contribution in [3.63, 3.8) is 0 Å². The topological polar surface area (TPSA) is 18.1 Å². The lowest BCUT2D eigenvalue weighted by Crippen LogP contribution is -2.41. The summed E-state index contributed by atoms with van der Waals surface area (Å²) in [6.07, 6.45) is 17.3. The predicted octanol–water partition coefficient (Wildman–Crippen LogP) is 29.8. The summed E-state index contributed by atoms with van der Waals surface area (Å²) in [6, 6.07) is 80.7. The van der Waals surface area contributed by atoms with Gasteiger partial charge in [0.2, 0.25) is 34.1 Å². The SMILES string of the molecule is C=CCc1ccc([N+]2=C3C(=[N+](c4c(C(C)C)cc(CC=C)cc4C(C)C)C2(C)C)c2cccc4cccc3c24)c(C(C)C)c1.C=CCc1ccc([N+]2=C3C(=[N+](c4c(C(C)C)cc(CC=C)cc4C(C)C)C2(C)C)c2cccc4cccc3c24)cc1.C=CCc1ccc([N+]2=C3C(=[N+](c4ccc(CC=C)cc4C(C)C)C2(C)C)c2cccc4cccc3c24)c(C(C)C)c1. The third-order valence-corrected chi connectivity index (χ3v) is 27.3.